The van der Waals surface area contributed by atoms with Gasteiger partial charge in [-0.2, -0.15) is 10.5 Å². The van der Waals surface area contributed by atoms with Gasteiger partial charge in [0.2, 0.25) is 0 Å². The first-order chi connectivity index (χ1) is 19.9. The van der Waals surface area contributed by atoms with Crippen LogP contribution in [-0.4, -0.2) is 65.3 Å². The van der Waals surface area contributed by atoms with Crippen LogP contribution in [0.4, 0.5) is 5.82 Å². The molecule has 1 aromatic heterocycles. The van der Waals surface area contributed by atoms with Gasteiger partial charge >= 0.3 is 23.9 Å². The molecule has 2 heterocycles. The summed E-state index contributed by atoms with van der Waals surface area (Å²) in [6, 6.07) is 10.9. The van der Waals surface area contributed by atoms with Crippen LogP contribution in [0.5, 0.6) is 0 Å². The third-order valence-electron chi connectivity index (χ3n) is 5.72. The summed E-state index contributed by atoms with van der Waals surface area (Å²) in [5.74, 6) is -3.18. The quantitative estimate of drug-likeness (QED) is 0.320. The summed E-state index contributed by atoms with van der Waals surface area (Å²) in [6.45, 7) is 4.07. The van der Waals surface area contributed by atoms with Crippen molar-refractivity contribution in [3.63, 3.8) is 0 Å². The molecule has 0 saturated carbocycles. The molecule has 15 heteroatoms. The van der Waals surface area contributed by atoms with Crippen LogP contribution in [0.2, 0.25) is 0 Å². The first kappa shape index (κ1) is 32.3. The van der Waals surface area contributed by atoms with E-state index in [2.05, 4.69) is 27.0 Å². The Morgan fingerprint density at radius 3 is 1.98 bits per heavy atom. The molecule has 13 nitrogen and oxygen atoms in total. The van der Waals surface area contributed by atoms with Crippen molar-refractivity contribution in [2.75, 3.05) is 12.3 Å². The number of aromatic nitrogens is 1. The minimum atomic E-state index is -1.41. The number of hydrogen-bond donors (Lipinski definition) is 1. The van der Waals surface area contributed by atoms with Gasteiger partial charge in [0.05, 0.1) is 5.56 Å². The molecule has 1 saturated heterocycles. The van der Waals surface area contributed by atoms with Crippen molar-refractivity contribution in [3.8, 4) is 23.3 Å². The molecule has 1 aromatic carbocycles. The Hall–Kier alpha value is -4.18. The number of nitrogens with zero attached hydrogens (tertiary/aromatic N) is 3. The molecule has 0 spiro atoms. The first-order valence-electron chi connectivity index (χ1n) is 12.2. The Labute approximate surface area is 253 Å². The van der Waals surface area contributed by atoms with Crippen molar-refractivity contribution < 1.29 is 42.9 Å². The monoisotopic (exact) mass is 660 g/mol. The number of benzene rings is 1. The van der Waals surface area contributed by atoms with Crippen LogP contribution in [-0.2, 0) is 42.9 Å². The number of nitrogen functional groups attached to an aromatic ring is 1. The number of carbonyl (C=O) groups is 4. The minimum absolute atomic E-state index is 0.00724. The standard InChI is InChI=1S/C27H25BrN4O9S/c1-12(33)37-11-20-22(38-13(2)34)23(39-14(3)35)24(40-15(4)36)27(41-20)42-26-19(10-30)21(18(9-29)25(31)32-26)16-5-7-17(28)8-6-16/h5-8,20,22-24,27H,11H2,1-4H3,(H2,31,32)/t20-,22-,23+,24-,27+/m1/s1. The molecule has 2 aromatic rings. The molecule has 2 N–H and O–H groups in total. The maximum Gasteiger partial charge on any atom is 0.303 e. The second kappa shape index (κ2) is 14.1. The summed E-state index contributed by atoms with van der Waals surface area (Å²) in [4.78, 5) is 52.1. The second-order valence-electron chi connectivity index (χ2n) is 8.84. The Morgan fingerprint density at radius 1 is 0.905 bits per heavy atom. The summed E-state index contributed by atoms with van der Waals surface area (Å²) in [5, 5.41) is 20.0. The molecule has 1 aliphatic heterocycles. The molecule has 0 bridgehead atoms. The van der Waals surface area contributed by atoms with E-state index in [1.165, 1.54) is 0 Å². The summed E-state index contributed by atoms with van der Waals surface area (Å²) in [7, 11) is 0. The Balaban J connectivity index is 2.19. The predicted molar refractivity (Wildman–Crippen MR) is 149 cm³/mol. The van der Waals surface area contributed by atoms with Crippen LogP contribution in [0, 0.1) is 22.7 Å². The SMILES string of the molecule is CC(=O)OC[C@H]1O[C@@H](Sc2nc(N)c(C#N)c(-c3ccc(Br)cc3)c2C#N)[C@H](OC(C)=O)[C@@H](OC(C)=O)[C@@H]1OC(C)=O. The number of carbonyl (C=O) groups excluding carboxylic acids is 4. The maximum atomic E-state index is 12.2. The molecule has 220 valence electrons. The minimum Gasteiger partial charge on any atom is -0.463 e. The third-order valence-corrected chi connectivity index (χ3v) is 7.38. The van der Waals surface area contributed by atoms with E-state index < -0.39 is 60.3 Å². The van der Waals surface area contributed by atoms with Crippen LogP contribution in [0.3, 0.4) is 0 Å². The van der Waals surface area contributed by atoms with Gasteiger partial charge < -0.3 is 29.4 Å². The van der Waals surface area contributed by atoms with Crippen molar-refractivity contribution in [2.45, 2.75) is 62.6 Å². The van der Waals surface area contributed by atoms with Crippen molar-refractivity contribution in [1.82, 2.24) is 4.98 Å². The molecule has 3 rings (SSSR count). The van der Waals surface area contributed by atoms with E-state index in [0.717, 1.165) is 43.9 Å². The fraction of sp³-hybridized carbons (Fsp3) is 0.370. The average Bonchev–Trinajstić information content (AvgIpc) is 2.90. The van der Waals surface area contributed by atoms with Crippen LogP contribution < -0.4 is 5.73 Å². The fourth-order valence-corrected chi connectivity index (χ4v) is 5.63. The lowest BCUT2D eigenvalue weighted by Crippen LogP contribution is -2.61. The highest BCUT2D eigenvalue weighted by Gasteiger charge is 2.52. The van der Waals surface area contributed by atoms with E-state index in [1.807, 2.05) is 6.07 Å². The number of pyridine rings is 1. The van der Waals surface area contributed by atoms with E-state index >= 15 is 0 Å². The Bertz CT molecular complexity index is 1470. The van der Waals surface area contributed by atoms with E-state index in [9.17, 15) is 29.7 Å². The molecule has 0 radical (unpaired) electrons. The highest BCUT2D eigenvalue weighted by atomic mass is 79.9. The highest BCUT2D eigenvalue weighted by Crippen LogP contribution is 2.42. The smallest absolute Gasteiger partial charge is 0.303 e. The number of hydrogen-bond acceptors (Lipinski definition) is 14. The van der Waals surface area contributed by atoms with Gasteiger partial charge in [-0.3, -0.25) is 19.2 Å². The normalized spacial score (nSPS) is 21.3. The number of anilines is 1. The van der Waals surface area contributed by atoms with Crippen LogP contribution in [0.1, 0.15) is 38.8 Å². The predicted octanol–water partition coefficient (Wildman–Crippen LogP) is 3.01. The lowest BCUT2D eigenvalue weighted by Gasteiger charge is -2.44. The van der Waals surface area contributed by atoms with E-state index in [4.69, 9.17) is 29.4 Å². The number of ether oxygens (including phenoxy) is 5. The molecule has 5 atom stereocenters. The number of nitriles is 2. The number of rotatable bonds is 8. The second-order valence-corrected chi connectivity index (χ2v) is 10.8. The van der Waals surface area contributed by atoms with Crippen LogP contribution >= 0.6 is 27.7 Å². The van der Waals surface area contributed by atoms with Gasteiger partial charge in [0.25, 0.3) is 0 Å². The van der Waals surface area contributed by atoms with E-state index in [0.29, 0.717) is 5.56 Å². The molecular weight excluding hydrogens is 636 g/mol. The van der Waals surface area contributed by atoms with E-state index in [1.54, 1.807) is 24.3 Å². The topological polar surface area (TPSA) is 201 Å². The summed E-state index contributed by atoms with van der Waals surface area (Å²) in [5.41, 5.74) is 5.56. The van der Waals surface area contributed by atoms with Crippen LogP contribution in [0.15, 0.2) is 33.8 Å². The Kier molecular flexibility index (Phi) is 10.9. The lowest BCUT2D eigenvalue weighted by molar-refractivity contribution is -0.237. The maximum absolute atomic E-state index is 12.2. The zero-order valence-electron chi connectivity index (χ0n) is 22.8. The number of thioether (sulfide) groups is 1. The van der Waals surface area contributed by atoms with Gasteiger partial charge in [-0.25, -0.2) is 4.98 Å². The number of halogens is 1. The van der Waals surface area contributed by atoms with Crippen LogP contribution in [0.25, 0.3) is 11.1 Å². The Morgan fingerprint density at radius 2 is 1.45 bits per heavy atom. The molecule has 0 unspecified atom stereocenters. The lowest BCUT2D eigenvalue weighted by atomic mass is 9.97. The molecule has 0 aliphatic carbocycles. The number of esters is 4. The average molecular weight is 661 g/mol. The number of nitrogens with two attached hydrogens (primary N) is 1. The van der Waals surface area contributed by atoms with Gasteiger partial charge in [-0.15, -0.1) is 0 Å². The summed E-state index contributed by atoms with van der Waals surface area (Å²) < 4.78 is 28.3. The van der Waals surface area contributed by atoms with Crippen molar-refractivity contribution in [3.05, 3.63) is 39.9 Å². The first-order valence-corrected chi connectivity index (χ1v) is 13.9. The third kappa shape index (κ3) is 7.76. The molecule has 1 fully saturated rings. The molecule has 1 aliphatic rings. The largest absolute Gasteiger partial charge is 0.463 e. The van der Waals surface area contributed by atoms with Gasteiger partial charge in [0.1, 0.15) is 41.3 Å². The van der Waals surface area contributed by atoms with Gasteiger partial charge in [0, 0.05) is 37.7 Å². The molecule has 0 amide bonds. The fourth-order valence-electron chi connectivity index (χ4n) is 4.18. The van der Waals surface area contributed by atoms with Gasteiger partial charge in [0.15, 0.2) is 23.7 Å². The summed E-state index contributed by atoms with van der Waals surface area (Å²) in [6.07, 6.45) is -5.34. The molecule has 42 heavy (non-hydrogen) atoms. The zero-order chi connectivity index (χ0) is 31.1. The van der Waals surface area contributed by atoms with Gasteiger partial charge in [-0.05, 0) is 17.7 Å². The van der Waals surface area contributed by atoms with Crippen molar-refractivity contribution >= 4 is 57.4 Å². The van der Waals surface area contributed by atoms with Crippen molar-refractivity contribution in [2.24, 2.45) is 0 Å². The zero-order valence-corrected chi connectivity index (χ0v) is 25.2. The van der Waals surface area contributed by atoms with Crippen molar-refractivity contribution in [1.29, 1.82) is 10.5 Å². The van der Waals surface area contributed by atoms with E-state index in [-0.39, 0.29) is 27.5 Å². The molecular formula is C27H25BrN4O9S. The summed E-state index contributed by atoms with van der Waals surface area (Å²) >= 11 is 4.15. The highest BCUT2D eigenvalue weighted by molar-refractivity contribution is 9.10. The van der Waals surface area contributed by atoms with Gasteiger partial charge in [-0.1, -0.05) is 39.8 Å².